The van der Waals surface area contributed by atoms with Crippen LogP contribution < -0.4 is 11.1 Å². The van der Waals surface area contributed by atoms with E-state index in [1.54, 1.807) is 0 Å². The summed E-state index contributed by atoms with van der Waals surface area (Å²) in [4.78, 5) is 11.4. The van der Waals surface area contributed by atoms with Crippen LogP contribution in [-0.2, 0) is 11.2 Å². The maximum atomic E-state index is 11.4. The minimum atomic E-state index is 0.0304. The molecule has 0 unspecified atom stereocenters. The Morgan fingerprint density at radius 3 is 2.53 bits per heavy atom. The first-order valence-corrected chi connectivity index (χ1v) is 5.43. The van der Waals surface area contributed by atoms with Gasteiger partial charge in [-0.15, -0.1) is 0 Å². The van der Waals surface area contributed by atoms with Crippen molar-refractivity contribution in [2.75, 3.05) is 20.2 Å². The number of aliphatic hydroxyl groups is 1. The van der Waals surface area contributed by atoms with E-state index in [4.69, 9.17) is 10.8 Å². The van der Waals surface area contributed by atoms with Crippen LogP contribution in [0.1, 0.15) is 5.56 Å². The van der Waals surface area contributed by atoms with Crippen molar-refractivity contribution >= 4 is 5.91 Å². The topological polar surface area (TPSA) is 75.3 Å². The monoisotopic (exact) mass is 236 g/mol. The van der Waals surface area contributed by atoms with E-state index in [9.17, 15) is 4.79 Å². The molecule has 0 atom stereocenters. The molecular formula is C13H20N2O2. The molecule has 0 fully saturated rings. The van der Waals surface area contributed by atoms with Crippen LogP contribution in [-0.4, -0.2) is 31.2 Å². The third kappa shape index (κ3) is 8.19. The molecule has 0 bridgehead atoms. The maximum absolute atomic E-state index is 11.4. The number of nitrogens with two attached hydrogens (primary N) is 1. The second kappa shape index (κ2) is 10.9. The molecule has 4 nitrogen and oxygen atoms in total. The largest absolute Gasteiger partial charge is 0.400 e. The first kappa shape index (κ1) is 15.4. The molecule has 0 aliphatic heterocycles. The van der Waals surface area contributed by atoms with Crippen molar-refractivity contribution in [1.29, 1.82) is 0 Å². The van der Waals surface area contributed by atoms with Crippen molar-refractivity contribution in [2.45, 2.75) is 6.42 Å². The fourth-order valence-corrected chi connectivity index (χ4v) is 1.20. The normalized spacial score (nSPS) is 9.59. The minimum absolute atomic E-state index is 0.0304. The van der Waals surface area contributed by atoms with Crippen LogP contribution in [0.15, 0.2) is 42.5 Å². The molecule has 4 heteroatoms. The number of aliphatic hydroxyl groups excluding tert-OH is 1. The third-order valence-electron chi connectivity index (χ3n) is 1.93. The maximum Gasteiger partial charge on any atom is 0.224 e. The number of rotatable bonds is 5. The number of carbonyl (C=O) groups is 1. The Labute approximate surface area is 102 Å². The predicted octanol–water partition coefficient (Wildman–Crippen LogP) is 0.469. The van der Waals surface area contributed by atoms with Crippen molar-refractivity contribution in [3.05, 3.63) is 48.0 Å². The molecule has 0 radical (unpaired) electrons. The van der Waals surface area contributed by atoms with Crippen LogP contribution in [0.4, 0.5) is 0 Å². The summed E-state index contributed by atoms with van der Waals surface area (Å²) in [6.07, 6.45) is 4.10. The van der Waals surface area contributed by atoms with Gasteiger partial charge in [0, 0.05) is 20.2 Å². The zero-order valence-corrected chi connectivity index (χ0v) is 10.1. The summed E-state index contributed by atoms with van der Waals surface area (Å²) in [5, 5.41) is 9.78. The highest BCUT2D eigenvalue weighted by Crippen LogP contribution is 1.98. The van der Waals surface area contributed by atoms with Crippen molar-refractivity contribution in [2.24, 2.45) is 5.73 Å². The SMILES string of the molecule is CO.NC/C=C/CNC(=O)Cc1ccccc1. The highest BCUT2D eigenvalue weighted by Gasteiger charge is 1.99. The molecule has 0 aliphatic carbocycles. The van der Waals surface area contributed by atoms with Gasteiger partial charge in [0.1, 0.15) is 0 Å². The van der Waals surface area contributed by atoms with Gasteiger partial charge in [0.15, 0.2) is 0 Å². The fourth-order valence-electron chi connectivity index (χ4n) is 1.20. The molecule has 17 heavy (non-hydrogen) atoms. The lowest BCUT2D eigenvalue weighted by molar-refractivity contribution is -0.120. The lowest BCUT2D eigenvalue weighted by Crippen LogP contribution is -2.25. The summed E-state index contributed by atoms with van der Waals surface area (Å²) in [5.41, 5.74) is 6.30. The molecule has 1 rings (SSSR count). The van der Waals surface area contributed by atoms with E-state index >= 15 is 0 Å². The number of hydrogen-bond donors (Lipinski definition) is 3. The van der Waals surface area contributed by atoms with E-state index in [0.29, 0.717) is 19.5 Å². The predicted molar refractivity (Wildman–Crippen MR) is 69.5 cm³/mol. The molecule has 94 valence electrons. The fraction of sp³-hybridized carbons (Fsp3) is 0.308. The standard InChI is InChI=1S/C12H16N2O.CH4O/c13-8-4-5-9-14-12(15)10-11-6-2-1-3-7-11;1-2/h1-7H,8-10,13H2,(H,14,15);2H,1H3/b5-4+;. The van der Waals surface area contributed by atoms with Gasteiger partial charge in [0.25, 0.3) is 0 Å². The van der Waals surface area contributed by atoms with Crippen LogP contribution >= 0.6 is 0 Å². The minimum Gasteiger partial charge on any atom is -0.400 e. The quantitative estimate of drug-likeness (QED) is 0.650. The molecular weight excluding hydrogens is 216 g/mol. The van der Waals surface area contributed by atoms with Gasteiger partial charge < -0.3 is 16.2 Å². The van der Waals surface area contributed by atoms with Crippen LogP contribution in [0, 0.1) is 0 Å². The van der Waals surface area contributed by atoms with Gasteiger partial charge in [-0.3, -0.25) is 4.79 Å². The molecule has 1 amide bonds. The first-order valence-electron chi connectivity index (χ1n) is 5.43. The number of carbonyl (C=O) groups excluding carboxylic acids is 1. The molecule has 0 aromatic heterocycles. The van der Waals surface area contributed by atoms with E-state index in [0.717, 1.165) is 12.7 Å². The Hall–Kier alpha value is -1.65. The van der Waals surface area contributed by atoms with Crippen LogP contribution in [0.5, 0.6) is 0 Å². The molecule has 0 spiro atoms. The van der Waals surface area contributed by atoms with E-state index in [1.165, 1.54) is 0 Å². The lowest BCUT2D eigenvalue weighted by atomic mass is 10.1. The summed E-state index contributed by atoms with van der Waals surface area (Å²) in [6, 6.07) is 9.67. The summed E-state index contributed by atoms with van der Waals surface area (Å²) >= 11 is 0. The number of hydrogen-bond acceptors (Lipinski definition) is 3. The average Bonchev–Trinajstić information content (AvgIpc) is 2.38. The smallest absolute Gasteiger partial charge is 0.224 e. The van der Waals surface area contributed by atoms with Crippen molar-refractivity contribution in [1.82, 2.24) is 5.32 Å². The third-order valence-corrected chi connectivity index (χ3v) is 1.93. The average molecular weight is 236 g/mol. The van der Waals surface area contributed by atoms with Gasteiger partial charge in [-0.2, -0.15) is 0 Å². The summed E-state index contributed by atoms with van der Waals surface area (Å²) in [6.45, 7) is 1.05. The zero-order chi connectivity index (χ0) is 12.9. The Morgan fingerprint density at radius 2 is 1.94 bits per heavy atom. The van der Waals surface area contributed by atoms with Crippen molar-refractivity contribution < 1.29 is 9.90 Å². The summed E-state index contributed by atoms with van der Waals surface area (Å²) < 4.78 is 0. The first-order chi connectivity index (χ1) is 8.33. The van der Waals surface area contributed by atoms with E-state index < -0.39 is 0 Å². The Kier molecular flexibility index (Phi) is 9.80. The van der Waals surface area contributed by atoms with Crippen LogP contribution in [0.2, 0.25) is 0 Å². The summed E-state index contributed by atoms with van der Waals surface area (Å²) in [7, 11) is 1.00. The number of nitrogens with one attached hydrogen (secondary N) is 1. The summed E-state index contributed by atoms with van der Waals surface area (Å²) in [5.74, 6) is 0.0304. The van der Waals surface area contributed by atoms with Gasteiger partial charge in [0.05, 0.1) is 6.42 Å². The van der Waals surface area contributed by atoms with E-state index in [1.807, 2.05) is 42.5 Å². The van der Waals surface area contributed by atoms with Gasteiger partial charge in [0.2, 0.25) is 5.91 Å². The van der Waals surface area contributed by atoms with Gasteiger partial charge in [-0.1, -0.05) is 42.5 Å². The molecule has 1 aromatic carbocycles. The molecule has 0 saturated carbocycles. The van der Waals surface area contributed by atoms with Crippen LogP contribution in [0.3, 0.4) is 0 Å². The zero-order valence-electron chi connectivity index (χ0n) is 10.1. The highest BCUT2D eigenvalue weighted by molar-refractivity contribution is 5.78. The molecule has 0 aliphatic rings. The van der Waals surface area contributed by atoms with Gasteiger partial charge in [-0.25, -0.2) is 0 Å². The van der Waals surface area contributed by atoms with Gasteiger partial charge in [-0.05, 0) is 5.56 Å². The van der Waals surface area contributed by atoms with Crippen LogP contribution in [0.25, 0.3) is 0 Å². The molecule has 1 aromatic rings. The molecule has 4 N–H and O–H groups in total. The Morgan fingerprint density at radius 1 is 1.29 bits per heavy atom. The second-order valence-electron chi connectivity index (χ2n) is 3.17. The molecule has 0 saturated heterocycles. The Balaban J connectivity index is 0.00000121. The molecule has 0 heterocycles. The number of benzene rings is 1. The van der Waals surface area contributed by atoms with Crippen molar-refractivity contribution in [3.63, 3.8) is 0 Å². The lowest BCUT2D eigenvalue weighted by Gasteiger charge is -2.01. The second-order valence-corrected chi connectivity index (χ2v) is 3.17. The van der Waals surface area contributed by atoms with E-state index in [-0.39, 0.29) is 5.91 Å². The van der Waals surface area contributed by atoms with Gasteiger partial charge >= 0.3 is 0 Å². The van der Waals surface area contributed by atoms with Crippen molar-refractivity contribution in [3.8, 4) is 0 Å². The van der Waals surface area contributed by atoms with E-state index in [2.05, 4.69) is 5.32 Å². The Bertz CT molecular complexity index is 323. The highest BCUT2D eigenvalue weighted by atomic mass is 16.2. The number of amides is 1.